The van der Waals surface area contributed by atoms with Crippen molar-refractivity contribution >= 4 is 38.8 Å². The summed E-state index contributed by atoms with van der Waals surface area (Å²) in [5.41, 5.74) is 2.80. The van der Waals surface area contributed by atoms with E-state index >= 15 is 0 Å². The first-order chi connectivity index (χ1) is 16.5. The molecule has 0 spiro atoms. The lowest BCUT2D eigenvalue weighted by molar-refractivity contribution is -0.118. The Labute approximate surface area is 202 Å². The second-order valence-electron chi connectivity index (χ2n) is 9.36. The molecule has 1 aliphatic heterocycles. The fourth-order valence-corrected chi connectivity index (χ4v) is 6.09. The third-order valence-corrected chi connectivity index (χ3v) is 7.76. The van der Waals surface area contributed by atoms with Crippen molar-refractivity contribution in [3.8, 4) is 0 Å². The molecule has 3 heterocycles. The van der Waals surface area contributed by atoms with Gasteiger partial charge in [-0.25, -0.2) is 4.98 Å². The van der Waals surface area contributed by atoms with Gasteiger partial charge >= 0.3 is 0 Å². The van der Waals surface area contributed by atoms with Gasteiger partial charge in [-0.15, -0.1) is 11.3 Å². The fraction of sp³-hybridized carbons (Fsp3) is 0.480. The number of benzene rings is 1. The number of ether oxygens (including phenoxy) is 1. The van der Waals surface area contributed by atoms with Gasteiger partial charge in [-0.2, -0.15) is 0 Å². The van der Waals surface area contributed by atoms with Crippen molar-refractivity contribution in [2.45, 2.75) is 39.2 Å². The highest BCUT2D eigenvalue weighted by Gasteiger charge is 2.23. The average molecular weight is 482 g/mol. The molecule has 9 heteroatoms. The number of nitrogens with zero attached hydrogens (tertiary/aromatic N) is 2. The van der Waals surface area contributed by atoms with Crippen LogP contribution in [0.2, 0.25) is 0 Å². The topological polar surface area (TPSA) is 99.3 Å². The highest BCUT2D eigenvalue weighted by Crippen LogP contribution is 2.36. The molecule has 34 heavy (non-hydrogen) atoms. The largest absolute Gasteiger partial charge is 0.379 e. The van der Waals surface area contributed by atoms with E-state index in [1.54, 1.807) is 11.3 Å². The summed E-state index contributed by atoms with van der Waals surface area (Å²) in [6, 6.07) is 7.42. The summed E-state index contributed by atoms with van der Waals surface area (Å²) in [4.78, 5) is 37.2. The van der Waals surface area contributed by atoms with Crippen molar-refractivity contribution in [3.63, 3.8) is 0 Å². The number of thiophene rings is 1. The van der Waals surface area contributed by atoms with Crippen LogP contribution >= 0.6 is 11.3 Å². The number of morpholine rings is 1. The third-order valence-electron chi connectivity index (χ3n) is 6.62. The van der Waals surface area contributed by atoms with Crippen molar-refractivity contribution in [2.24, 2.45) is 5.92 Å². The van der Waals surface area contributed by atoms with Crippen LogP contribution in [0.15, 0.2) is 29.1 Å². The van der Waals surface area contributed by atoms with Crippen molar-refractivity contribution < 1.29 is 9.53 Å². The molecule has 8 nitrogen and oxygen atoms in total. The molecule has 180 valence electrons. The Morgan fingerprint density at radius 1 is 1.26 bits per heavy atom. The number of carbonyl (C=O) groups is 1. The van der Waals surface area contributed by atoms with Crippen molar-refractivity contribution in [3.05, 3.63) is 50.9 Å². The lowest BCUT2D eigenvalue weighted by Crippen LogP contribution is -2.41. The molecule has 0 saturated carbocycles. The van der Waals surface area contributed by atoms with Crippen LogP contribution < -0.4 is 16.2 Å². The van der Waals surface area contributed by atoms with E-state index in [1.165, 1.54) is 10.4 Å². The van der Waals surface area contributed by atoms with Gasteiger partial charge in [0.15, 0.2) is 0 Å². The number of nitrogens with one attached hydrogen (secondary N) is 3. The minimum Gasteiger partial charge on any atom is -0.379 e. The first kappa shape index (κ1) is 23.0. The van der Waals surface area contributed by atoms with Crippen LogP contribution in [0.3, 0.4) is 0 Å². The van der Waals surface area contributed by atoms with Crippen LogP contribution in [0.25, 0.3) is 10.2 Å². The number of carbonyl (C=O) groups excluding carboxylic acids is 1. The number of hydrogen-bond acceptors (Lipinski definition) is 7. The standard InChI is InChI=1S/C25H31N5O3S/c1-15-3-8-19-20(13-15)34-25-22(19)24(32)28-23(29-25)16(2)26-17-4-6-18(7-5-17)27-21(31)14-30-9-11-33-12-10-30/h4-7,15-16,26H,3,8-14H2,1-2H3,(H,27,31)(H,28,29,32)/t15-,16-/m1/s1. The van der Waals surface area contributed by atoms with E-state index in [9.17, 15) is 9.59 Å². The predicted octanol–water partition coefficient (Wildman–Crippen LogP) is 3.55. The number of amides is 1. The Balaban J connectivity index is 1.24. The van der Waals surface area contributed by atoms with Crippen molar-refractivity contribution in [1.82, 2.24) is 14.9 Å². The maximum atomic E-state index is 12.9. The second-order valence-corrected chi connectivity index (χ2v) is 10.4. The van der Waals surface area contributed by atoms with Gasteiger partial charge < -0.3 is 20.4 Å². The summed E-state index contributed by atoms with van der Waals surface area (Å²) < 4.78 is 5.32. The number of aromatic nitrogens is 2. The zero-order chi connectivity index (χ0) is 23.7. The fourth-order valence-electron chi connectivity index (χ4n) is 4.70. The molecule has 1 aromatic carbocycles. The molecule has 0 unspecified atom stereocenters. The molecule has 3 N–H and O–H groups in total. The van der Waals surface area contributed by atoms with Gasteiger partial charge in [-0.05, 0) is 61.9 Å². The molecular weight excluding hydrogens is 450 g/mol. The molecule has 1 saturated heterocycles. The molecule has 1 aliphatic carbocycles. The van der Waals surface area contributed by atoms with E-state index in [-0.39, 0.29) is 17.5 Å². The lowest BCUT2D eigenvalue weighted by atomic mass is 9.89. The Bertz CT molecular complexity index is 1230. The second kappa shape index (κ2) is 9.85. The van der Waals surface area contributed by atoms with Gasteiger partial charge in [0.1, 0.15) is 10.7 Å². The lowest BCUT2D eigenvalue weighted by Gasteiger charge is -2.25. The Hall–Kier alpha value is -2.75. The van der Waals surface area contributed by atoms with Crippen molar-refractivity contribution in [2.75, 3.05) is 43.5 Å². The number of hydrogen-bond donors (Lipinski definition) is 3. The molecule has 5 rings (SSSR count). The molecule has 0 radical (unpaired) electrons. The van der Waals surface area contributed by atoms with Gasteiger partial charge in [0.25, 0.3) is 5.56 Å². The first-order valence-electron chi connectivity index (χ1n) is 12.0. The first-order valence-corrected chi connectivity index (χ1v) is 12.8. The van der Waals surface area contributed by atoms with Gasteiger partial charge in [-0.1, -0.05) is 6.92 Å². The monoisotopic (exact) mass is 481 g/mol. The number of anilines is 2. The van der Waals surface area contributed by atoms with Crippen LogP contribution in [0, 0.1) is 5.92 Å². The Morgan fingerprint density at radius 3 is 2.76 bits per heavy atom. The summed E-state index contributed by atoms with van der Waals surface area (Å²) in [5, 5.41) is 7.13. The summed E-state index contributed by atoms with van der Waals surface area (Å²) >= 11 is 1.67. The van der Waals surface area contributed by atoms with E-state index in [4.69, 9.17) is 9.72 Å². The maximum Gasteiger partial charge on any atom is 0.259 e. The van der Waals surface area contributed by atoms with E-state index in [1.807, 2.05) is 31.2 Å². The number of aryl methyl sites for hydroxylation is 1. The minimum atomic E-state index is -0.170. The number of aromatic amines is 1. The number of rotatable bonds is 6. The van der Waals surface area contributed by atoms with Gasteiger partial charge in [0.2, 0.25) is 5.91 Å². The predicted molar refractivity (Wildman–Crippen MR) is 136 cm³/mol. The Kier molecular flexibility index (Phi) is 6.67. The quantitative estimate of drug-likeness (QED) is 0.498. The van der Waals surface area contributed by atoms with Crippen molar-refractivity contribution in [1.29, 1.82) is 0 Å². The highest BCUT2D eigenvalue weighted by atomic mass is 32.1. The molecule has 2 atom stereocenters. The van der Waals surface area contributed by atoms with Crippen LogP contribution in [0.4, 0.5) is 11.4 Å². The normalized spacial score (nSPS) is 19.5. The van der Waals surface area contributed by atoms with Gasteiger partial charge in [0, 0.05) is 29.3 Å². The number of H-pyrrole nitrogens is 1. The van der Waals surface area contributed by atoms with Crippen LogP contribution in [-0.4, -0.2) is 53.6 Å². The van der Waals surface area contributed by atoms with E-state index < -0.39 is 0 Å². The summed E-state index contributed by atoms with van der Waals surface area (Å²) in [6.07, 6.45) is 3.12. The molecule has 1 fully saturated rings. The zero-order valence-corrected chi connectivity index (χ0v) is 20.5. The Morgan fingerprint density at radius 2 is 2.00 bits per heavy atom. The van der Waals surface area contributed by atoms with E-state index in [0.717, 1.165) is 53.9 Å². The summed E-state index contributed by atoms with van der Waals surface area (Å²) in [5.74, 6) is 1.26. The SMILES string of the molecule is C[C@@H]1CCc2c(sc3nc([C@@H](C)Nc4ccc(NC(=O)CN5CCOCC5)cc4)[nH]c(=O)c23)C1. The van der Waals surface area contributed by atoms with Crippen LogP contribution in [0.1, 0.15) is 42.6 Å². The molecule has 3 aromatic rings. The minimum absolute atomic E-state index is 0.0286. The smallest absolute Gasteiger partial charge is 0.259 e. The highest BCUT2D eigenvalue weighted by molar-refractivity contribution is 7.18. The van der Waals surface area contributed by atoms with Crippen LogP contribution in [0.5, 0.6) is 0 Å². The third kappa shape index (κ3) is 5.01. The average Bonchev–Trinajstić information content (AvgIpc) is 3.18. The number of fused-ring (bicyclic) bond motifs is 3. The molecular formula is C25H31N5O3S. The van der Waals surface area contributed by atoms with Crippen LogP contribution in [-0.2, 0) is 22.4 Å². The summed E-state index contributed by atoms with van der Waals surface area (Å²) in [7, 11) is 0. The van der Waals surface area contributed by atoms with E-state index in [0.29, 0.717) is 31.5 Å². The van der Waals surface area contributed by atoms with Gasteiger partial charge in [-0.3, -0.25) is 14.5 Å². The zero-order valence-electron chi connectivity index (χ0n) is 19.6. The molecule has 2 aliphatic rings. The maximum absolute atomic E-state index is 12.9. The van der Waals surface area contributed by atoms with E-state index in [2.05, 4.69) is 27.4 Å². The van der Waals surface area contributed by atoms with Gasteiger partial charge in [0.05, 0.1) is 31.2 Å². The molecule has 2 aromatic heterocycles. The molecule has 0 bridgehead atoms. The summed E-state index contributed by atoms with van der Waals surface area (Å²) in [6.45, 7) is 7.53. The molecule has 1 amide bonds.